The van der Waals surface area contributed by atoms with Gasteiger partial charge in [0.15, 0.2) is 0 Å². The normalized spacial score (nSPS) is 15.5. The molecule has 5 heteroatoms. The zero-order valence-electron chi connectivity index (χ0n) is 11.5. The van der Waals surface area contributed by atoms with Gasteiger partial charge in [-0.25, -0.2) is 0 Å². The van der Waals surface area contributed by atoms with Gasteiger partial charge in [0, 0.05) is 16.6 Å². The summed E-state index contributed by atoms with van der Waals surface area (Å²) in [5.74, 6) is -1.04. The van der Waals surface area contributed by atoms with Crippen molar-refractivity contribution in [2.24, 2.45) is 0 Å². The molecule has 0 radical (unpaired) electrons. The van der Waals surface area contributed by atoms with Gasteiger partial charge in [-0.1, -0.05) is 28.1 Å². The summed E-state index contributed by atoms with van der Waals surface area (Å²) in [5.41, 5.74) is 1.22. The Balaban J connectivity index is 1.71. The van der Waals surface area contributed by atoms with Crippen molar-refractivity contribution in [3.63, 3.8) is 0 Å². The first-order chi connectivity index (χ1) is 9.54. The Bertz CT molecular complexity index is 483. The second-order valence-electron chi connectivity index (χ2n) is 5.29. The molecule has 1 fully saturated rings. The highest BCUT2D eigenvalue weighted by Gasteiger charge is 2.26. The molecular formula is C15H19BrN2O2. The van der Waals surface area contributed by atoms with Crippen LogP contribution in [0, 0.1) is 0 Å². The van der Waals surface area contributed by atoms with E-state index in [-0.39, 0.29) is 12.1 Å². The number of aryl methyl sites for hydroxylation is 1. The molecule has 2 N–H and O–H groups in total. The van der Waals surface area contributed by atoms with Gasteiger partial charge < -0.3 is 10.6 Å². The summed E-state index contributed by atoms with van der Waals surface area (Å²) in [6.45, 7) is 1.92. The summed E-state index contributed by atoms with van der Waals surface area (Å²) in [5, 5.41) is 5.42. The first kappa shape index (κ1) is 15.0. The molecule has 2 rings (SSSR count). The van der Waals surface area contributed by atoms with Crippen LogP contribution in [0.1, 0.15) is 31.7 Å². The standard InChI is InChI=1S/C15H19BrN2O2/c1-10(2-3-11-4-6-12(16)7-5-11)17-14(19)15(20)18-13-8-9-13/h4-7,10,13H,2-3,8-9H2,1H3,(H,17,19)(H,18,20)/t10-/m0/s1. The largest absolute Gasteiger partial charge is 0.345 e. The Morgan fingerprint density at radius 3 is 2.50 bits per heavy atom. The molecule has 0 spiro atoms. The zero-order valence-corrected chi connectivity index (χ0v) is 13.1. The van der Waals surface area contributed by atoms with Crippen molar-refractivity contribution in [2.45, 2.75) is 44.7 Å². The highest BCUT2D eigenvalue weighted by atomic mass is 79.9. The fourth-order valence-electron chi connectivity index (χ4n) is 1.87. The molecule has 1 atom stereocenters. The number of hydrogen-bond donors (Lipinski definition) is 2. The predicted molar refractivity (Wildman–Crippen MR) is 81.2 cm³/mol. The summed E-state index contributed by atoms with van der Waals surface area (Å²) in [7, 11) is 0. The maximum atomic E-state index is 11.6. The lowest BCUT2D eigenvalue weighted by atomic mass is 10.1. The molecule has 1 saturated carbocycles. The van der Waals surface area contributed by atoms with Crippen LogP contribution in [0.2, 0.25) is 0 Å². The Labute approximate surface area is 127 Å². The molecule has 1 aliphatic rings. The van der Waals surface area contributed by atoms with Crippen LogP contribution < -0.4 is 10.6 Å². The highest BCUT2D eigenvalue weighted by molar-refractivity contribution is 9.10. The molecule has 0 bridgehead atoms. The second-order valence-corrected chi connectivity index (χ2v) is 6.20. The summed E-state index contributed by atoms with van der Waals surface area (Å²) in [6, 6.07) is 8.31. The first-order valence-corrected chi connectivity index (χ1v) is 7.69. The van der Waals surface area contributed by atoms with Gasteiger partial charge in [-0.2, -0.15) is 0 Å². The zero-order chi connectivity index (χ0) is 14.5. The summed E-state index contributed by atoms with van der Waals surface area (Å²) in [6.07, 6.45) is 3.65. The third kappa shape index (κ3) is 4.96. The second kappa shape index (κ2) is 6.88. The Hall–Kier alpha value is -1.36. The van der Waals surface area contributed by atoms with E-state index in [0.717, 1.165) is 30.2 Å². The Morgan fingerprint density at radius 1 is 1.25 bits per heavy atom. The van der Waals surface area contributed by atoms with Crippen molar-refractivity contribution in [1.82, 2.24) is 10.6 Å². The maximum Gasteiger partial charge on any atom is 0.309 e. The van der Waals surface area contributed by atoms with Crippen LogP contribution >= 0.6 is 15.9 Å². The molecule has 2 amide bonds. The fourth-order valence-corrected chi connectivity index (χ4v) is 2.14. The number of amides is 2. The van der Waals surface area contributed by atoms with Crippen LogP contribution in [0.15, 0.2) is 28.7 Å². The number of carbonyl (C=O) groups is 2. The van der Waals surface area contributed by atoms with Crippen molar-refractivity contribution in [3.8, 4) is 0 Å². The van der Waals surface area contributed by atoms with Crippen molar-refractivity contribution >= 4 is 27.7 Å². The lowest BCUT2D eigenvalue weighted by molar-refractivity contribution is -0.139. The van der Waals surface area contributed by atoms with Gasteiger partial charge in [-0.3, -0.25) is 9.59 Å². The van der Waals surface area contributed by atoms with E-state index >= 15 is 0 Å². The predicted octanol–water partition coefficient (Wildman–Crippen LogP) is 2.16. The number of carbonyl (C=O) groups excluding carboxylic acids is 2. The molecule has 0 aliphatic heterocycles. The lowest BCUT2D eigenvalue weighted by Crippen LogP contribution is -2.44. The van der Waals surface area contributed by atoms with Crippen LogP contribution in [-0.4, -0.2) is 23.9 Å². The average molecular weight is 339 g/mol. The van der Waals surface area contributed by atoms with Crippen LogP contribution in [0.25, 0.3) is 0 Å². The van der Waals surface area contributed by atoms with E-state index in [2.05, 4.69) is 38.7 Å². The molecule has 4 nitrogen and oxygen atoms in total. The van der Waals surface area contributed by atoms with Crippen molar-refractivity contribution < 1.29 is 9.59 Å². The molecule has 0 saturated heterocycles. The number of halogens is 1. The number of benzene rings is 1. The minimum Gasteiger partial charge on any atom is -0.345 e. The van der Waals surface area contributed by atoms with Crippen LogP contribution in [-0.2, 0) is 16.0 Å². The Kier molecular flexibility index (Phi) is 5.17. The monoisotopic (exact) mass is 338 g/mol. The van der Waals surface area contributed by atoms with Crippen molar-refractivity contribution in [1.29, 1.82) is 0 Å². The lowest BCUT2D eigenvalue weighted by Gasteiger charge is -2.13. The third-order valence-corrected chi connectivity index (χ3v) is 3.80. The van der Waals surface area contributed by atoms with E-state index in [0.29, 0.717) is 0 Å². The minimum atomic E-state index is -0.528. The van der Waals surface area contributed by atoms with Gasteiger partial charge >= 0.3 is 11.8 Å². The third-order valence-electron chi connectivity index (χ3n) is 3.28. The summed E-state index contributed by atoms with van der Waals surface area (Å²) < 4.78 is 1.05. The molecular weight excluding hydrogens is 320 g/mol. The van der Waals surface area contributed by atoms with Gasteiger partial charge in [0.2, 0.25) is 0 Å². The molecule has 0 heterocycles. The van der Waals surface area contributed by atoms with E-state index in [1.54, 1.807) is 0 Å². The smallest absolute Gasteiger partial charge is 0.309 e. The van der Waals surface area contributed by atoms with E-state index in [9.17, 15) is 9.59 Å². The average Bonchev–Trinajstić information content (AvgIpc) is 3.22. The molecule has 20 heavy (non-hydrogen) atoms. The quantitative estimate of drug-likeness (QED) is 0.808. The van der Waals surface area contributed by atoms with Gasteiger partial charge in [0.25, 0.3) is 0 Å². The Morgan fingerprint density at radius 2 is 1.90 bits per heavy atom. The topological polar surface area (TPSA) is 58.2 Å². The molecule has 0 aromatic heterocycles. The van der Waals surface area contributed by atoms with E-state index in [1.807, 2.05) is 19.1 Å². The number of rotatable bonds is 5. The van der Waals surface area contributed by atoms with Crippen LogP contribution in [0.4, 0.5) is 0 Å². The van der Waals surface area contributed by atoms with Crippen LogP contribution in [0.5, 0.6) is 0 Å². The van der Waals surface area contributed by atoms with E-state index in [1.165, 1.54) is 5.56 Å². The highest BCUT2D eigenvalue weighted by Crippen LogP contribution is 2.18. The first-order valence-electron chi connectivity index (χ1n) is 6.90. The van der Waals surface area contributed by atoms with E-state index in [4.69, 9.17) is 0 Å². The van der Waals surface area contributed by atoms with Crippen molar-refractivity contribution in [2.75, 3.05) is 0 Å². The number of hydrogen-bond acceptors (Lipinski definition) is 2. The summed E-state index contributed by atoms with van der Waals surface area (Å²) in [4.78, 5) is 23.2. The molecule has 1 aliphatic carbocycles. The summed E-state index contributed by atoms with van der Waals surface area (Å²) >= 11 is 3.40. The number of nitrogens with one attached hydrogen (secondary N) is 2. The molecule has 108 valence electrons. The van der Waals surface area contributed by atoms with Gasteiger partial charge in [0.1, 0.15) is 0 Å². The molecule has 1 aromatic rings. The van der Waals surface area contributed by atoms with Gasteiger partial charge in [-0.15, -0.1) is 0 Å². The van der Waals surface area contributed by atoms with Crippen molar-refractivity contribution in [3.05, 3.63) is 34.3 Å². The van der Waals surface area contributed by atoms with E-state index < -0.39 is 11.8 Å². The van der Waals surface area contributed by atoms with Gasteiger partial charge in [0.05, 0.1) is 0 Å². The fraction of sp³-hybridized carbons (Fsp3) is 0.467. The molecule has 0 unspecified atom stereocenters. The minimum absolute atomic E-state index is 0.0175. The van der Waals surface area contributed by atoms with Crippen LogP contribution in [0.3, 0.4) is 0 Å². The SMILES string of the molecule is C[C@@H](CCc1ccc(Br)cc1)NC(=O)C(=O)NC1CC1. The molecule has 1 aromatic carbocycles. The van der Waals surface area contributed by atoms with Gasteiger partial charge in [-0.05, 0) is 50.3 Å². The maximum absolute atomic E-state index is 11.6.